The third kappa shape index (κ3) is 49.6. The zero-order chi connectivity index (χ0) is 51.3. The van der Waals surface area contributed by atoms with Crippen molar-refractivity contribution in [1.29, 1.82) is 0 Å². The van der Waals surface area contributed by atoms with Crippen LogP contribution in [0.3, 0.4) is 0 Å². The largest absolute Gasteiger partial charge is 0.472 e. The van der Waals surface area contributed by atoms with Crippen LogP contribution < -0.4 is 0 Å². The molecule has 3 unspecified atom stereocenters. The minimum Gasteiger partial charge on any atom is -0.462 e. The first-order valence-electron chi connectivity index (χ1n) is 27.5. The van der Waals surface area contributed by atoms with Crippen LogP contribution in [0.5, 0.6) is 0 Å². The molecule has 402 valence electrons. The highest BCUT2D eigenvalue weighted by Crippen LogP contribution is 2.43. The van der Waals surface area contributed by atoms with Crippen molar-refractivity contribution in [2.24, 2.45) is 0 Å². The summed E-state index contributed by atoms with van der Waals surface area (Å²) < 4.78 is 39.4. The van der Waals surface area contributed by atoms with E-state index >= 15 is 0 Å². The molecule has 0 aliphatic carbocycles. The Labute approximate surface area is 426 Å². The molecule has 0 radical (unpaired) electrons. The molecule has 70 heavy (non-hydrogen) atoms. The predicted molar refractivity (Wildman–Crippen MR) is 288 cm³/mol. The quantitative estimate of drug-likeness (QED) is 0.0197. The van der Waals surface area contributed by atoms with E-state index in [9.17, 15) is 28.9 Å². The summed E-state index contributed by atoms with van der Waals surface area (Å²) in [5.74, 6) is -1.53. The van der Waals surface area contributed by atoms with Crippen molar-refractivity contribution < 1.29 is 52.2 Å². The number of aliphatic hydroxyl groups is 1. The Hall–Kier alpha value is -3.34. The maximum Gasteiger partial charge on any atom is 0.472 e. The van der Waals surface area contributed by atoms with Gasteiger partial charge in [0.2, 0.25) is 0 Å². The lowest BCUT2D eigenvalue weighted by atomic mass is 10.1. The SMILES string of the molecule is CC/C=C\C/C=C\C/C=C\CCCCCC(=O)OCC(COP(=O)(O)OCC(CO)OC(=O)CCCCCCC/C=C\C/C=C\CCC)OC(=O)CCCCCCCCC/C=C\C/C=C\CCCCC. The van der Waals surface area contributed by atoms with Gasteiger partial charge in [0.25, 0.3) is 0 Å². The Bertz CT molecular complexity index is 1500. The van der Waals surface area contributed by atoms with Crippen molar-refractivity contribution in [2.75, 3.05) is 26.4 Å². The van der Waals surface area contributed by atoms with E-state index in [1.54, 1.807) is 0 Å². The Kier molecular flexibility index (Phi) is 49.5. The molecule has 0 aromatic carbocycles. The lowest BCUT2D eigenvalue weighted by molar-refractivity contribution is -0.161. The first-order chi connectivity index (χ1) is 34.2. The van der Waals surface area contributed by atoms with Crippen LogP contribution in [-0.2, 0) is 42.2 Å². The molecule has 0 aromatic rings. The number of rotatable bonds is 50. The number of carbonyl (C=O) groups excluding carboxylic acids is 3. The minimum absolute atomic E-state index is 0.148. The summed E-state index contributed by atoms with van der Waals surface area (Å²) in [5.41, 5.74) is 0. The molecule has 0 aliphatic heterocycles. The van der Waals surface area contributed by atoms with Gasteiger partial charge in [0.05, 0.1) is 19.8 Å². The van der Waals surface area contributed by atoms with E-state index < -0.39 is 57.8 Å². The van der Waals surface area contributed by atoms with E-state index in [-0.39, 0.29) is 25.9 Å². The summed E-state index contributed by atoms with van der Waals surface area (Å²) >= 11 is 0. The number of aliphatic hydroxyl groups excluding tert-OH is 1. The molecule has 0 bridgehead atoms. The Morgan fingerprint density at radius 3 is 1.21 bits per heavy atom. The molecule has 11 nitrogen and oxygen atoms in total. The highest BCUT2D eigenvalue weighted by atomic mass is 31.2. The molecule has 0 aromatic heterocycles. The summed E-state index contributed by atoms with van der Waals surface area (Å²) in [7, 11) is -4.76. The van der Waals surface area contributed by atoms with Gasteiger partial charge in [0.15, 0.2) is 6.10 Å². The van der Waals surface area contributed by atoms with Gasteiger partial charge in [-0.15, -0.1) is 0 Å². The summed E-state index contributed by atoms with van der Waals surface area (Å²) in [6, 6.07) is 0. The lowest BCUT2D eigenvalue weighted by Gasteiger charge is -2.21. The molecule has 0 aliphatic rings. The van der Waals surface area contributed by atoms with Crippen molar-refractivity contribution in [1.82, 2.24) is 0 Å². The van der Waals surface area contributed by atoms with Crippen LogP contribution >= 0.6 is 7.82 Å². The van der Waals surface area contributed by atoms with Crippen LogP contribution in [0, 0.1) is 0 Å². The molecular weight excluding hydrogens is 904 g/mol. The second-order valence-corrected chi connectivity index (χ2v) is 19.5. The molecule has 0 saturated heterocycles. The number of allylic oxidation sites excluding steroid dienone is 14. The zero-order valence-electron chi connectivity index (χ0n) is 44.2. The van der Waals surface area contributed by atoms with Gasteiger partial charge in [-0.25, -0.2) is 4.57 Å². The summed E-state index contributed by atoms with van der Waals surface area (Å²) in [6.07, 6.45) is 58.3. The standard InChI is InChI=1S/C58H99O11P/c1-4-7-10-13-16-19-22-25-26-27-28-31-34-37-40-43-46-49-58(62)69-55(51-65-56(60)47-44-41-38-35-32-29-23-20-17-14-11-8-5-2)53-67-70(63,64)66-52-54(50-59)68-57(61)48-45-42-39-36-33-30-24-21-18-15-12-9-6-3/h8,11-12,15-17,19-21,24-26,29,32,54-55,59H,4-7,9-10,13-14,18,22-23,27-28,30-31,33-53H2,1-3H3,(H,63,64)/b11-8-,15-12-,19-16-,20-17-,24-21-,26-25-,32-29-. The first-order valence-corrected chi connectivity index (χ1v) is 29.0. The van der Waals surface area contributed by atoms with Gasteiger partial charge < -0.3 is 24.2 Å². The molecule has 12 heteroatoms. The topological polar surface area (TPSA) is 155 Å². The van der Waals surface area contributed by atoms with Crippen LogP contribution in [0.4, 0.5) is 0 Å². The van der Waals surface area contributed by atoms with Crippen molar-refractivity contribution in [3.05, 3.63) is 85.1 Å². The van der Waals surface area contributed by atoms with Crippen molar-refractivity contribution in [3.63, 3.8) is 0 Å². The second kappa shape index (κ2) is 52.0. The fourth-order valence-electron chi connectivity index (χ4n) is 7.08. The Morgan fingerprint density at radius 2 is 0.771 bits per heavy atom. The van der Waals surface area contributed by atoms with E-state index in [0.717, 1.165) is 128 Å². The molecule has 0 rings (SSSR count). The van der Waals surface area contributed by atoms with E-state index in [1.807, 2.05) is 0 Å². The fourth-order valence-corrected chi connectivity index (χ4v) is 7.87. The molecule has 0 spiro atoms. The van der Waals surface area contributed by atoms with Gasteiger partial charge >= 0.3 is 25.7 Å². The van der Waals surface area contributed by atoms with Crippen LogP contribution in [0.15, 0.2) is 85.1 Å². The minimum atomic E-state index is -4.76. The van der Waals surface area contributed by atoms with E-state index in [2.05, 4.69) is 106 Å². The zero-order valence-corrected chi connectivity index (χ0v) is 45.1. The summed E-state index contributed by atoms with van der Waals surface area (Å²) in [6.45, 7) is 4.37. The summed E-state index contributed by atoms with van der Waals surface area (Å²) in [4.78, 5) is 48.4. The highest BCUT2D eigenvalue weighted by Gasteiger charge is 2.28. The Balaban J connectivity index is 4.79. The van der Waals surface area contributed by atoms with Crippen molar-refractivity contribution in [2.45, 2.75) is 238 Å². The normalized spacial score (nSPS) is 14.1. The van der Waals surface area contributed by atoms with Crippen molar-refractivity contribution >= 4 is 25.7 Å². The molecule has 2 N–H and O–H groups in total. The number of phosphoric ester groups is 1. The van der Waals surface area contributed by atoms with Gasteiger partial charge in [-0.2, -0.15) is 0 Å². The second-order valence-electron chi connectivity index (χ2n) is 18.0. The number of ether oxygens (including phenoxy) is 3. The number of unbranched alkanes of at least 4 members (excludes halogenated alkanes) is 19. The first kappa shape index (κ1) is 66.7. The van der Waals surface area contributed by atoms with E-state index in [4.69, 9.17) is 23.3 Å². The van der Waals surface area contributed by atoms with Crippen LogP contribution in [0.1, 0.15) is 226 Å². The average Bonchev–Trinajstić information content (AvgIpc) is 3.35. The van der Waals surface area contributed by atoms with Gasteiger partial charge in [0.1, 0.15) is 12.7 Å². The lowest BCUT2D eigenvalue weighted by Crippen LogP contribution is -2.30. The van der Waals surface area contributed by atoms with E-state index in [1.165, 1.54) is 38.5 Å². The van der Waals surface area contributed by atoms with Gasteiger partial charge in [-0.05, 0) is 109 Å². The molecule has 0 fully saturated rings. The molecule has 3 atom stereocenters. The Morgan fingerprint density at radius 1 is 0.414 bits per heavy atom. The monoisotopic (exact) mass is 1000 g/mol. The number of carbonyl (C=O) groups is 3. The molecule has 0 saturated carbocycles. The number of hydrogen-bond donors (Lipinski definition) is 2. The molecular formula is C58H99O11P. The maximum absolute atomic E-state index is 12.9. The van der Waals surface area contributed by atoms with Gasteiger partial charge in [-0.3, -0.25) is 23.4 Å². The van der Waals surface area contributed by atoms with Gasteiger partial charge in [-0.1, -0.05) is 183 Å². The van der Waals surface area contributed by atoms with Crippen LogP contribution in [0.25, 0.3) is 0 Å². The third-order valence-corrected chi connectivity index (χ3v) is 12.2. The maximum atomic E-state index is 12.9. The van der Waals surface area contributed by atoms with Crippen LogP contribution in [-0.4, -0.2) is 66.5 Å². The molecule has 0 heterocycles. The number of hydrogen-bond acceptors (Lipinski definition) is 10. The predicted octanol–water partition coefficient (Wildman–Crippen LogP) is 15.9. The van der Waals surface area contributed by atoms with Crippen LogP contribution in [0.2, 0.25) is 0 Å². The fraction of sp³-hybridized carbons (Fsp3) is 0.707. The number of esters is 3. The van der Waals surface area contributed by atoms with Crippen molar-refractivity contribution in [3.8, 4) is 0 Å². The summed E-state index contributed by atoms with van der Waals surface area (Å²) in [5, 5.41) is 9.79. The number of phosphoric acid groups is 1. The smallest absolute Gasteiger partial charge is 0.462 e. The van der Waals surface area contributed by atoms with E-state index in [0.29, 0.717) is 19.3 Å². The molecule has 0 amide bonds. The van der Waals surface area contributed by atoms with Gasteiger partial charge in [0, 0.05) is 19.3 Å². The average molecular weight is 1000 g/mol. The third-order valence-electron chi connectivity index (χ3n) is 11.3. The highest BCUT2D eigenvalue weighted by molar-refractivity contribution is 7.47.